The van der Waals surface area contributed by atoms with E-state index in [0.717, 1.165) is 12.0 Å². The average Bonchev–Trinajstić information content (AvgIpc) is 2.95. The van der Waals surface area contributed by atoms with Gasteiger partial charge in [-0.25, -0.2) is 9.78 Å². The van der Waals surface area contributed by atoms with E-state index in [2.05, 4.69) is 10.3 Å². The number of piperidine rings is 1. The largest absolute Gasteiger partial charge is 0.490 e. The molecule has 0 radical (unpaired) electrons. The zero-order valence-corrected chi connectivity index (χ0v) is 9.30. The topological polar surface area (TPSA) is 71.5 Å². The van der Waals surface area contributed by atoms with Crippen molar-refractivity contribution in [3.05, 3.63) is 24.0 Å². The first-order valence-electron chi connectivity index (χ1n) is 5.80. The minimum Gasteiger partial charge on any atom is -0.490 e. The lowest BCUT2D eigenvalue weighted by atomic mass is 10.2. The Labute approximate surface area is 98.8 Å². The SMILES string of the molecule is O=C(O)c1ccc(OCC2CC3CC3N2)cn1. The van der Waals surface area contributed by atoms with Gasteiger partial charge in [-0.3, -0.25) is 0 Å². The molecule has 0 bridgehead atoms. The minimum atomic E-state index is -1.02. The van der Waals surface area contributed by atoms with Crippen LogP contribution in [0, 0.1) is 5.92 Å². The predicted molar refractivity (Wildman–Crippen MR) is 60.1 cm³/mol. The van der Waals surface area contributed by atoms with E-state index in [1.54, 1.807) is 6.07 Å². The molecule has 2 N–H and O–H groups in total. The Morgan fingerprint density at radius 2 is 2.41 bits per heavy atom. The van der Waals surface area contributed by atoms with Crippen LogP contribution in [0.25, 0.3) is 0 Å². The van der Waals surface area contributed by atoms with Crippen LogP contribution in [0.2, 0.25) is 0 Å². The van der Waals surface area contributed by atoms with Gasteiger partial charge < -0.3 is 15.2 Å². The Hall–Kier alpha value is -1.62. The van der Waals surface area contributed by atoms with E-state index < -0.39 is 5.97 Å². The van der Waals surface area contributed by atoms with E-state index in [-0.39, 0.29) is 5.69 Å². The number of hydrogen-bond acceptors (Lipinski definition) is 4. The maximum Gasteiger partial charge on any atom is 0.354 e. The number of hydrogen-bond donors (Lipinski definition) is 2. The molecule has 0 aromatic carbocycles. The predicted octanol–water partition coefficient (Wildman–Crippen LogP) is 0.909. The van der Waals surface area contributed by atoms with E-state index in [4.69, 9.17) is 9.84 Å². The summed E-state index contributed by atoms with van der Waals surface area (Å²) in [6.45, 7) is 0.626. The molecule has 2 aliphatic rings. The third-order valence-corrected chi connectivity index (χ3v) is 3.37. The minimum absolute atomic E-state index is 0.0394. The second-order valence-electron chi connectivity index (χ2n) is 4.70. The number of carbonyl (C=O) groups is 1. The maximum atomic E-state index is 10.6. The van der Waals surface area contributed by atoms with Crippen molar-refractivity contribution in [2.75, 3.05) is 6.61 Å². The highest BCUT2D eigenvalue weighted by Gasteiger charge is 2.45. The van der Waals surface area contributed by atoms with E-state index >= 15 is 0 Å². The molecule has 3 rings (SSSR count). The van der Waals surface area contributed by atoms with Crippen LogP contribution in [0.1, 0.15) is 23.3 Å². The smallest absolute Gasteiger partial charge is 0.354 e. The van der Waals surface area contributed by atoms with E-state index in [1.165, 1.54) is 25.1 Å². The number of aromatic nitrogens is 1. The molecule has 2 heterocycles. The highest BCUT2D eigenvalue weighted by molar-refractivity contribution is 5.85. The zero-order valence-electron chi connectivity index (χ0n) is 9.30. The number of carboxylic acids is 1. The van der Waals surface area contributed by atoms with Crippen molar-refractivity contribution in [2.24, 2.45) is 5.92 Å². The van der Waals surface area contributed by atoms with Crippen molar-refractivity contribution in [1.29, 1.82) is 0 Å². The van der Waals surface area contributed by atoms with E-state index in [9.17, 15) is 4.79 Å². The fraction of sp³-hybridized carbons (Fsp3) is 0.500. The molecule has 1 aliphatic heterocycles. The third kappa shape index (κ3) is 2.24. The van der Waals surface area contributed by atoms with Crippen LogP contribution in [0.3, 0.4) is 0 Å². The maximum absolute atomic E-state index is 10.6. The van der Waals surface area contributed by atoms with Gasteiger partial charge in [0.2, 0.25) is 0 Å². The first kappa shape index (κ1) is 10.5. The second-order valence-corrected chi connectivity index (χ2v) is 4.70. The van der Waals surface area contributed by atoms with Crippen molar-refractivity contribution < 1.29 is 14.6 Å². The lowest BCUT2D eigenvalue weighted by Crippen LogP contribution is -2.31. The Kier molecular flexibility index (Phi) is 2.48. The van der Waals surface area contributed by atoms with Gasteiger partial charge >= 0.3 is 5.97 Å². The quantitative estimate of drug-likeness (QED) is 0.810. The van der Waals surface area contributed by atoms with Gasteiger partial charge in [0.25, 0.3) is 0 Å². The van der Waals surface area contributed by atoms with Gasteiger partial charge in [0.05, 0.1) is 6.20 Å². The molecule has 3 atom stereocenters. The standard InChI is InChI=1S/C12H14N2O3/c15-12(16)10-2-1-9(5-13-10)17-6-8-3-7-4-11(7)14-8/h1-2,5,7-8,11,14H,3-4,6H2,(H,15,16). The molecule has 2 fully saturated rings. The summed E-state index contributed by atoms with van der Waals surface area (Å²) >= 11 is 0. The van der Waals surface area contributed by atoms with Gasteiger partial charge in [0.1, 0.15) is 18.1 Å². The third-order valence-electron chi connectivity index (χ3n) is 3.37. The lowest BCUT2D eigenvalue weighted by molar-refractivity contribution is 0.0690. The van der Waals surface area contributed by atoms with Crippen molar-refractivity contribution in [2.45, 2.75) is 24.9 Å². The van der Waals surface area contributed by atoms with Crippen molar-refractivity contribution in [3.8, 4) is 5.75 Å². The van der Waals surface area contributed by atoms with Gasteiger partial charge in [0, 0.05) is 12.1 Å². The van der Waals surface area contributed by atoms with Crippen LogP contribution >= 0.6 is 0 Å². The van der Waals surface area contributed by atoms with E-state index in [1.807, 2.05) is 0 Å². The van der Waals surface area contributed by atoms with Gasteiger partial charge in [0.15, 0.2) is 0 Å². The van der Waals surface area contributed by atoms with Crippen LogP contribution in [0.5, 0.6) is 5.75 Å². The number of rotatable bonds is 4. The highest BCUT2D eigenvalue weighted by Crippen LogP contribution is 2.40. The Morgan fingerprint density at radius 3 is 3.00 bits per heavy atom. The number of aromatic carboxylic acids is 1. The number of nitrogens with one attached hydrogen (secondary N) is 1. The van der Waals surface area contributed by atoms with Crippen LogP contribution in [0.15, 0.2) is 18.3 Å². The van der Waals surface area contributed by atoms with Crippen LogP contribution < -0.4 is 10.1 Å². The van der Waals surface area contributed by atoms with Gasteiger partial charge in [-0.2, -0.15) is 0 Å². The number of pyridine rings is 1. The molecule has 1 aromatic rings. The molecule has 3 unspecified atom stereocenters. The molecule has 1 saturated heterocycles. The summed E-state index contributed by atoms with van der Waals surface area (Å²) in [6.07, 6.45) is 3.95. The van der Waals surface area contributed by atoms with Crippen molar-refractivity contribution in [3.63, 3.8) is 0 Å². The molecule has 5 nitrogen and oxygen atoms in total. The van der Waals surface area contributed by atoms with Gasteiger partial charge in [-0.05, 0) is 30.9 Å². The number of nitrogens with zero attached hydrogens (tertiary/aromatic N) is 1. The molecule has 90 valence electrons. The van der Waals surface area contributed by atoms with Gasteiger partial charge in [-0.15, -0.1) is 0 Å². The number of fused-ring (bicyclic) bond motifs is 1. The summed E-state index contributed by atoms with van der Waals surface area (Å²) < 4.78 is 5.58. The second kappa shape index (κ2) is 4.00. The molecule has 17 heavy (non-hydrogen) atoms. The molecule has 0 amide bonds. The molecular weight excluding hydrogens is 220 g/mol. The Balaban J connectivity index is 1.52. The zero-order chi connectivity index (χ0) is 11.8. The van der Waals surface area contributed by atoms with E-state index in [0.29, 0.717) is 18.4 Å². The summed E-state index contributed by atoms with van der Waals surface area (Å²) in [5.74, 6) is 0.461. The van der Waals surface area contributed by atoms with Crippen molar-refractivity contribution in [1.82, 2.24) is 10.3 Å². The van der Waals surface area contributed by atoms with Crippen molar-refractivity contribution >= 4 is 5.97 Å². The van der Waals surface area contributed by atoms with Crippen LogP contribution in [-0.2, 0) is 0 Å². The summed E-state index contributed by atoms with van der Waals surface area (Å²) in [4.78, 5) is 14.4. The first-order chi connectivity index (χ1) is 8.22. The molecule has 0 spiro atoms. The molecule has 1 aliphatic carbocycles. The summed E-state index contributed by atoms with van der Waals surface area (Å²) in [7, 11) is 0. The summed E-state index contributed by atoms with van der Waals surface area (Å²) in [5.41, 5.74) is 0.0394. The Morgan fingerprint density at radius 1 is 1.53 bits per heavy atom. The normalized spacial score (nSPS) is 29.8. The average molecular weight is 234 g/mol. The number of carboxylic acid groups (broad SMARTS) is 1. The molecular formula is C12H14N2O3. The van der Waals surface area contributed by atoms with Crippen LogP contribution in [-0.4, -0.2) is 34.8 Å². The number of ether oxygens (including phenoxy) is 1. The highest BCUT2D eigenvalue weighted by atomic mass is 16.5. The fourth-order valence-corrected chi connectivity index (χ4v) is 2.35. The monoisotopic (exact) mass is 234 g/mol. The summed E-state index contributed by atoms with van der Waals surface area (Å²) in [5, 5.41) is 12.2. The van der Waals surface area contributed by atoms with Gasteiger partial charge in [-0.1, -0.05) is 0 Å². The summed E-state index contributed by atoms with van der Waals surface area (Å²) in [6, 6.07) is 4.25. The fourth-order valence-electron chi connectivity index (χ4n) is 2.35. The first-order valence-corrected chi connectivity index (χ1v) is 5.80. The molecule has 1 aromatic heterocycles. The van der Waals surface area contributed by atoms with Crippen LogP contribution in [0.4, 0.5) is 0 Å². The molecule has 1 saturated carbocycles. The molecule has 5 heteroatoms. The Bertz CT molecular complexity index is 422. The lowest BCUT2D eigenvalue weighted by Gasteiger charge is -2.14.